The van der Waals surface area contributed by atoms with Gasteiger partial charge in [-0.15, -0.1) is 5.10 Å². The molecule has 0 saturated heterocycles. The van der Waals surface area contributed by atoms with Crippen LogP contribution in [0.15, 0.2) is 66.1 Å². The number of hydrogen-bond donors (Lipinski definition) is 1. The van der Waals surface area contributed by atoms with Crippen LogP contribution in [0.25, 0.3) is 5.69 Å². The first-order valence-corrected chi connectivity index (χ1v) is 10.7. The minimum Gasteiger partial charge on any atom is -0.346 e. The van der Waals surface area contributed by atoms with Crippen LogP contribution < -0.4 is 5.32 Å². The largest absolute Gasteiger partial charge is 0.346 e. The zero-order valence-corrected chi connectivity index (χ0v) is 17.9. The molecule has 4 rings (SSSR count). The van der Waals surface area contributed by atoms with Crippen LogP contribution >= 0.6 is 23.4 Å². The van der Waals surface area contributed by atoms with Crippen LogP contribution in [-0.2, 0) is 12.3 Å². The standard InChI is InChI=1S/C21H15ClF2N6OS/c22-13-5-7-14(8-6-13)30-18(12-32-21-25-9-2-10-26-21)19(28-29-30)20(31)27-11-15-16(23)3-1-4-17(15)24/h1-10H,11-12H2,(H,27,31). The molecule has 2 aromatic heterocycles. The summed E-state index contributed by atoms with van der Waals surface area (Å²) in [4.78, 5) is 21.2. The van der Waals surface area contributed by atoms with Gasteiger partial charge in [-0.1, -0.05) is 34.6 Å². The molecule has 0 radical (unpaired) electrons. The number of halogens is 3. The van der Waals surface area contributed by atoms with Crippen molar-refractivity contribution >= 4 is 29.3 Å². The molecule has 162 valence electrons. The summed E-state index contributed by atoms with van der Waals surface area (Å²) >= 11 is 7.26. The number of aromatic nitrogens is 5. The van der Waals surface area contributed by atoms with Crippen LogP contribution in [-0.4, -0.2) is 30.9 Å². The van der Waals surface area contributed by atoms with Crippen molar-refractivity contribution in [1.82, 2.24) is 30.3 Å². The van der Waals surface area contributed by atoms with Crippen LogP contribution in [0.3, 0.4) is 0 Å². The summed E-state index contributed by atoms with van der Waals surface area (Å²) in [7, 11) is 0. The monoisotopic (exact) mass is 472 g/mol. The second kappa shape index (κ2) is 9.84. The highest BCUT2D eigenvalue weighted by molar-refractivity contribution is 7.98. The Kier molecular flexibility index (Phi) is 6.72. The van der Waals surface area contributed by atoms with Crippen molar-refractivity contribution in [2.24, 2.45) is 0 Å². The SMILES string of the molecule is O=C(NCc1c(F)cccc1F)c1nnn(-c2ccc(Cl)cc2)c1CSc1ncccn1. The predicted molar refractivity (Wildman–Crippen MR) is 115 cm³/mol. The summed E-state index contributed by atoms with van der Waals surface area (Å²) in [6, 6.07) is 12.1. The van der Waals surface area contributed by atoms with Gasteiger partial charge < -0.3 is 5.32 Å². The average Bonchev–Trinajstić information content (AvgIpc) is 3.22. The van der Waals surface area contributed by atoms with Gasteiger partial charge in [0.2, 0.25) is 0 Å². The third-order valence-electron chi connectivity index (χ3n) is 4.42. The lowest BCUT2D eigenvalue weighted by molar-refractivity contribution is 0.0944. The predicted octanol–water partition coefficient (Wildman–Crippen LogP) is 4.21. The molecule has 7 nitrogen and oxygen atoms in total. The number of nitrogens with zero attached hydrogens (tertiary/aromatic N) is 5. The highest BCUT2D eigenvalue weighted by Crippen LogP contribution is 2.23. The van der Waals surface area contributed by atoms with Crippen molar-refractivity contribution < 1.29 is 13.6 Å². The van der Waals surface area contributed by atoms with Crippen LogP contribution in [0, 0.1) is 11.6 Å². The first-order chi connectivity index (χ1) is 15.5. The van der Waals surface area contributed by atoms with E-state index in [0.717, 1.165) is 12.1 Å². The average molecular weight is 473 g/mol. The first-order valence-electron chi connectivity index (χ1n) is 9.34. The van der Waals surface area contributed by atoms with Crippen LogP contribution in [0.5, 0.6) is 0 Å². The molecule has 0 aliphatic rings. The fraction of sp³-hybridized carbons (Fsp3) is 0.0952. The van der Waals surface area contributed by atoms with Gasteiger partial charge in [0.15, 0.2) is 10.9 Å². The van der Waals surface area contributed by atoms with E-state index in [9.17, 15) is 13.6 Å². The molecule has 0 fully saturated rings. The first kappa shape index (κ1) is 21.8. The molecule has 11 heteroatoms. The number of carbonyl (C=O) groups excluding carboxylic acids is 1. The van der Waals surface area contributed by atoms with Gasteiger partial charge in [-0.25, -0.2) is 23.4 Å². The zero-order chi connectivity index (χ0) is 22.5. The lowest BCUT2D eigenvalue weighted by Gasteiger charge is -2.09. The molecule has 0 atom stereocenters. The molecule has 0 spiro atoms. The lowest BCUT2D eigenvalue weighted by Crippen LogP contribution is -2.25. The summed E-state index contributed by atoms with van der Waals surface area (Å²) in [6.45, 7) is -0.334. The third-order valence-corrected chi connectivity index (χ3v) is 5.56. The van der Waals surface area contributed by atoms with E-state index in [1.54, 1.807) is 42.7 Å². The van der Waals surface area contributed by atoms with Crippen LogP contribution in [0.4, 0.5) is 8.78 Å². The molecular formula is C21H15ClF2N6OS. The van der Waals surface area contributed by atoms with Gasteiger partial charge in [-0.05, 0) is 42.5 Å². The van der Waals surface area contributed by atoms with Gasteiger partial charge in [0.1, 0.15) is 11.6 Å². The molecule has 4 aromatic rings. The number of nitrogens with one attached hydrogen (secondary N) is 1. The smallest absolute Gasteiger partial charge is 0.274 e. The van der Waals surface area contributed by atoms with Gasteiger partial charge >= 0.3 is 0 Å². The second-order valence-electron chi connectivity index (χ2n) is 6.48. The van der Waals surface area contributed by atoms with Crippen molar-refractivity contribution in [3.05, 3.63) is 94.5 Å². The molecule has 1 amide bonds. The fourth-order valence-corrected chi connectivity index (χ4v) is 3.77. The number of rotatable bonds is 7. The summed E-state index contributed by atoms with van der Waals surface area (Å²) in [5, 5.41) is 11.7. The molecule has 0 unspecified atom stereocenters. The Morgan fingerprint density at radius 2 is 1.72 bits per heavy atom. The highest BCUT2D eigenvalue weighted by atomic mass is 35.5. The second-order valence-corrected chi connectivity index (χ2v) is 7.85. The van der Waals surface area contributed by atoms with E-state index in [1.165, 1.54) is 22.5 Å². The zero-order valence-electron chi connectivity index (χ0n) is 16.4. The Balaban J connectivity index is 1.61. The Morgan fingerprint density at radius 3 is 2.41 bits per heavy atom. The van der Waals surface area contributed by atoms with Crippen molar-refractivity contribution in [1.29, 1.82) is 0 Å². The summed E-state index contributed by atoms with van der Waals surface area (Å²) < 4.78 is 29.3. The Bertz CT molecular complexity index is 1220. The molecule has 0 saturated carbocycles. The number of hydrogen-bond acceptors (Lipinski definition) is 6. The van der Waals surface area contributed by atoms with E-state index in [-0.39, 0.29) is 23.6 Å². The lowest BCUT2D eigenvalue weighted by atomic mass is 10.2. The topological polar surface area (TPSA) is 85.6 Å². The Labute approximate surface area is 190 Å². The van der Waals surface area contributed by atoms with Gasteiger partial charge in [0.25, 0.3) is 5.91 Å². The molecule has 0 aliphatic heterocycles. The highest BCUT2D eigenvalue weighted by Gasteiger charge is 2.22. The molecule has 0 bridgehead atoms. The summed E-state index contributed by atoms with van der Waals surface area (Å²) in [6.07, 6.45) is 3.22. The number of benzene rings is 2. The molecule has 0 aliphatic carbocycles. The van der Waals surface area contributed by atoms with Gasteiger partial charge in [-0.2, -0.15) is 0 Å². The summed E-state index contributed by atoms with van der Waals surface area (Å²) in [5.41, 5.74) is 0.904. The molecular weight excluding hydrogens is 458 g/mol. The quantitative estimate of drug-likeness (QED) is 0.320. The fourth-order valence-electron chi connectivity index (χ4n) is 2.84. The molecule has 1 N–H and O–H groups in total. The third kappa shape index (κ3) is 4.92. The normalized spacial score (nSPS) is 10.8. The number of thioether (sulfide) groups is 1. The van der Waals surface area contributed by atoms with Crippen molar-refractivity contribution in [2.45, 2.75) is 17.5 Å². The van der Waals surface area contributed by atoms with E-state index in [0.29, 0.717) is 21.6 Å². The van der Waals surface area contributed by atoms with Gasteiger partial charge in [0.05, 0.1) is 11.4 Å². The molecule has 32 heavy (non-hydrogen) atoms. The van der Waals surface area contributed by atoms with Crippen LogP contribution in [0.1, 0.15) is 21.7 Å². The van der Waals surface area contributed by atoms with E-state index >= 15 is 0 Å². The Morgan fingerprint density at radius 1 is 1.03 bits per heavy atom. The van der Waals surface area contributed by atoms with Crippen molar-refractivity contribution in [3.63, 3.8) is 0 Å². The molecule has 2 heterocycles. The van der Waals surface area contributed by atoms with Crippen molar-refractivity contribution in [3.8, 4) is 5.69 Å². The van der Waals surface area contributed by atoms with Crippen LogP contribution in [0.2, 0.25) is 5.02 Å². The van der Waals surface area contributed by atoms with Gasteiger partial charge in [-0.3, -0.25) is 4.79 Å². The molecule has 2 aromatic carbocycles. The van der Waals surface area contributed by atoms with E-state index < -0.39 is 17.5 Å². The minimum atomic E-state index is -0.743. The van der Waals surface area contributed by atoms with E-state index in [2.05, 4.69) is 25.6 Å². The summed E-state index contributed by atoms with van der Waals surface area (Å²) in [5.74, 6) is -1.83. The number of amides is 1. The van der Waals surface area contributed by atoms with E-state index in [4.69, 9.17) is 11.6 Å². The number of carbonyl (C=O) groups is 1. The van der Waals surface area contributed by atoms with Gasteiger partial charge in [0, 0.05) is 35.3 Å². The maximum absolute atomic E-state index is 13.9. The maximum atomic E-state index is 13.9. The van der Waals surface area contributed by atoms with E-state index in [1.807, 2.05) is 0 Å². The maximum Gasteiger partial charge on any atom is 0.274 e. The Hall–Kier alpha value is -3.37. The minimum absolute atomic E-state index is 0.0279. The van der Waals surface area contributed by atoms with Crippen molar-refractivity contribution in [2.75, 3.05) is 0 Å².